The van der Waals surface area contributed by atoms with Gasteiger partial charge in [0.15, 0.2) is 6.10 Å². The van der Waals surface area contributed by atoms with Gasteiger partial charge in [0.2, 0.25) is 0 Å². The first-order valence-corrected chi connectivity index (χ1v) is 10.0. The molecule has 1 heterocycles. The minimum Gasteiger partial charge on any atom is -0.464 e. The molecule has 0 bridgehead atoms. The Morgan fingerprint density at radius 2 is 1.77 bits per heavy atom. The molecule has 4 aromatic rings. The van der Waals surface area contributed by atoms with Gasteiger partial charge in [0.1, 0.15) is 5.58 Å². The molecule has 1 aromatic heterocycles. The number of hydrogen-bond donors (Lipinski definition) is 1. The van der Waals surface area contributed by atoms with Crippen LogP contribution in [0.25, 0.3) is 21.7 Å². The Hall–Kier alpha value is -3.60. The number of rotatable bonds is 7. The van der Waals surface area contributed by atoms with Crippen LogP contribution in [0, 0.1) is 0 Å². The summed E-state index contributed by atoms with van der Waals surface area (Å²) in [5.74, 6) is -0.766. The number of nitrogens with one attached hydrogen (secondary N) is 1. The zero-order chi connectivity index (χ0) is 20.9. The number of carbonyl (C=O) groups excluding carboxylic acids is 2. The quantitative estimate of drug-likeness (QED) is 0.466. The van der Waals surface area contributed by atoms with Crippen molar-refractivity contribution in [2.45, 2.75) is 25.9 Å². The summed E-state index contributed by atoms with van der Waals surface area (Å²) in [6.45, 7) is 2.07. The van der Waals surface area contributed by atoms with Crippen molar-refractivity contribution in [3.05, 3.63) is 84.1 Å². The number of fused-ring (bicyclic) bond motifs is 3. The molecule has 30 heavy (non-hydrogen) atoms. The van der Waals surface area contributed by atoms with E-state index in [2.05, 4.69) is 5.32 Å². The van der Waals surface area contributed by atoms with Gasteiger partial charge in [-0.25, -0.2) is 0 Å². The second kappa shape index (κ2) is 8.82. The third-order valence-electron chi connectivity index (χ3n) is 5.11. The summed E-state index contributed by atoms with van der Waals surface area (Å²) in [5.41, 5.74) is 2.62. The fourth-order valence-electron chi connectivity index (χ4n) is 3.57. The van der Waals surface area contributed by atoms with Crippen LogP contribution in [0.4, 0.5) is 0 Å². The van der Waals surface area contributed by atoms with Crippen molar-refractivity contribution in [1.82, 2.24) is 5.32 Å². The van der Waals surface area contributed by atoms with E-state index >= 15 is 0 Å². The first kappa shape index (κ1) is 19.7. The fraction of sp³-hybridized carbons (Fsp3) is 0.200. The van der Waals surface area contributed by atoms with Crippen molar-refractivity contribution in [3.63, 3.8) is 0 Å². The number of carbonyl (C=O) groups is 2. The van der Waals surface area contributed by atoms with Gasteiger partial charge in [0.25, 0.3) is 5.91 Å². The summed E-state index contributed by atoms with van der Waals surface area (Å²) in [7, 11) is 0. The molecular weight excluding hydrogens is 378 g/mol. The van der Waals surface area contributed by atoms with Crippen molar-refractivity contribution in [1.29, 1.82) is 0 Å². The zero-order valence-electron chi connectivity index (χ0n) is 16.8. The van der Waals surface area contributed by atoms with Gasteiger partial charge >= 0.3 is 5.97 Å². The highest BCUT2D eigenvalue weighted by Gasteiger charge is 2.19. The van der Waals surface area contributed by atoms with Crippen LogP contribution in [0.2, 0.25) is 0 Å². The first-order chi connectivity index (χ1) is 14.6. The van der Waals surface area contributed by atoms with Gasteiger partial charge in [0.05, 0.1) is 12.7 Å². The summed E-state index contributed by atoms with van der Waals surface area (Å²) in [4.78, 5) is 24.7. The van der Waals surface area contributed by atoms with E-state index in [0.29, 0.717) is 6.54 Å². The fourth-order valence-corrected chi connectivity index (χ4v) is 3.57. The lowest BCUT2D eigenvalue weighted by Crippen LogP contribution is -2.37. The Kier molecular flexibility index (Phi) is 5.80. The van der Waals surface area contributed by atoms with E-state index in [1.165, 1.54) is 0 Å². The molecule has 0 spiro atoms. The van der Waals surface area contributed by atoms with E-state index in [1.807, 2.05) is 66.7 Å². The van der Waals surface area contributed by atoms with Gasteiger partial charge in [0, 0.05) is 17.5 Å². The topological polar surface area (TPSA) is 68.5 Å². The Morgan fingerprint density at radius 3 is 2.60 bits per heavy atom. The van der Waals surface area contributed by atoms with E-state index in [-0.39, 0.29) is 12.3 Å². The number of esters is 1. The summed E-state index contributed by atoms with van der Waals surface area (Å²) < 4.78 is 11.0. The van der Waals surface area contributed by atoms with Crippen LogP contribution in [-0.2, 0) is 27.2 Å². The Bertz CT molecular complexity index is 1180. The van der Waals surface area contributed by atoms with Gasteiger partial charge in [-0.2, -0.15) is 0 Å². The average Bonchev–Trinajstić information content (AvgIpc) is 3.17. The summed E-state index contributed by atoms with van der Waals surface area (Å²) in [6, 6.07) is 21.7. The van der Waals surface area contributed by atoms with Gasteiger partial charge in [-0.3, -0.25) is 9.59 Å². The second-order valence-electron chi connectivity index (χ2n) is 7.26. The van der Waals surface area contributed by atoms with Crippen molar-refractivity contribution in [2.24, 2.45) is 0 Å². The van der Waals surface area contributed by atoms with E-state index < -0.39 is 12.1 Å². The third-order valence-corrected chi connectivity index (χ3v) is 5.11. The smallest absolute Gasteiger partial charge is 0.311 e. The van der Waals surface area contributed by atoms with Crippen molar-refractivity contribution < 1.29 is 18.7 Å². The predicted octanol–water partition coefficient (Wildman–Crippen LogP) is 4.42. The molecule has 5 heteroatoms. The van der Waals surface area contributed by atoms with Crippen LogP contribution >= 0.6 is 0 Å². The second-order valence-corrected chi connectivity index (χ2v) is 7.26. The Labute approximate surface area is 174 Å². The van der Waals surface area contributed by atoms with Gasteiger partial charge < -0.3 is 14.5 Å². The zero-order valence-corrected chi connectivity index (χ0v) is 16.8. The highest BCUT2D eigenvalue weighted by molar-refractivity contribution is 6.08. The highest BCUT2D eigenvalue weighted by atomic mass is 16.5. The molecule has 0 aliphatic rings. The van der Waals surface area contributed by atoms with E-state index in [4.69, 9.17) is 9.15 Å². The number of ether oxygens (including phenoxy) is 1. The summed E-state index contributed by atoms with van der Waals surface area (Å²) >= 11 is 0. The molecule has 1 unspecified atom stereocenters. The maximum atomic E-state index is 12.5. The molecule has 1 N–H and O–H groups in total. The van der Waals surface area contributed by atoms with Crippen LogP contribution in [0.15, 0.2) is 77.4 Å². The molecular formula is C25H23NO4. The molecule has 4 rings (SSSR count). The molecule has 0 aliphatic carbocycles. The minimum atomic E-state index is -0.858. The average molecular weight is 401 g/mol. The molecule has 0 aliphatic heterocycles. The Morgan fingerprint density at radius 1 is 1.00 bits per heavy atom. The van der Waals surface area contributed by atoms with Crippen molar-refractivity contribution >= 4 is 33.6 Å². The molecule has 1 amide bonds. The van der Waals surface area contributed by atoms with Crippen LogP contribution in [0.5, 0.6) is 0 Å². The number of benzene rings is 3. The number of furan rings is 1. The SMILES string of the molecule is CC(OC(=O)Cc1coc2ccc3ccccc3c12)C(=O)NCCc1ccccc1. The van der Waals surface area contributed by atoms with E-state index in [1.54, 1.807) is 13.2 Å². The monoisotopic (exact) mass is 401 g/mol. The number of hydrogen-bond acceptors (Lipinski definition) is 4. The van der Waals surface area contributed by atoms with Crippen LogP contribution in [-0.4, -0.2) is 24.5 Å². The first-order valence-electron chi connectivity index (χ1n) is 10.0. The van der Waals surface area contributed by atoms with Crippen LogP contribution in [0.3, 0.4) is 0 Å². The number of amides is 1. The lowest BCUT2D eigenvalue weighted by molar-refractivity contribution is -0.154. The largest absolute Gasteiger partial charge is 0.464 e. The van der Waals surface area contributed by atoms with Crippen molar-refractivity contribution in [3.8, 4) is 0 Å². The lowest BCUT2D eigenvalue weighted by atomic mass is 10.0. The van der Waals surface area contributed by atoms with Gasteiger partial charge in [-0.15, -0.1) is 0 Å². The maximum Gasteiger partial charge on any atom is 0.311 e. The minimum absolute atomic E-state index is 0.0443. The summed E-state index contributed by atoms with van der Waals surface area (Å²) in [5, 5.41) is 5.82. The third kappa shape index (κ3) is 4.35. The maximum absolute atomic E-state index is 12.5. The van der Waals surface area contributed by atoms with E-state index in [0.717, 1.165) is 39.3 Å². The molecule has 0 radical (unpaired) electrons. The Balaban J connectivity index is 1.36. The van der Waals surface area contributed by atoms with Crippen LogP contribution < -0.4 is 5.32 Å². The van der Waals surface area contributed by atoms with Gasteiger partial charge in [-0.05, 0) is 35.7 Å². The lowest BCUT2D eigenvalue weighted by Gasteiger charge is -2.13. The molecule has 3 aromatic carbocycles. The van der Waals surface area contributed by atoms with Crippen LogP contribution in [0.1, 0.15) is 18.1 Å². The molecule has 1 atom stereocenters. The summed E-state index contributed by atoms with van der Waals surface area (Å²) in [6.07, 6.45) is 1.50. The van der Waals surface area contributed by atoms with Gasteiger partial charge in [-0.1, -0.05) is 60.7 Å². The molecule has 0 saturated heterocycles. The van der Waals surface area contributed by atoms with E-state index in [9.17, 15) is 9.59 Å². The highest BCUT2D eigenvalue weighted by Crippen LogP contribution is 2.30. The molecule has 5 nitrogen and oxygen atoms in total. The normalized spacial score (nSPS) is 12.0. The molecule has 152 valence electrons. The standard InChI is InChI=1S/C25H23NO4/c1-17(25(28)26-14-13-18-7-3-2-4-8-18)30-23(27)15-20-16-29-22-12-11-19-9-5-6-10-21(19)24(20)22/h2-12,16-17H,13-15H2,1H3,(H,26,28). The predicted molar refractivity (Wildman–Crippen MR) is 116 cm³/mol. The van der Waals surface area contributed by atoms with Crippen molar-refractivity contribution in [2.75, 3.05) is 6.54 Å². The molecule has 0 saturated carbocycles. The molecule has 0 fully saturated rings.